The molecule has 0 radical (unpaired) electrons. The molecule has 0 saturated carbocycles. The van der Waals surface area contributed by atoms with Gasteiger partial charge >= 0.3 is 0 Å². The fourth-order valence-corrected chi connectivity index (χ4v) is 2.10. The molecule has 0 bridgehead atoms. The molecule has 68 valence electrons. The summed E-state index contributed by atoms with van der Waals surface area (Å²) in [6.07, 6.45) is 1.66. The van der Waals surface area contributed by atoms with Crippen molar-refractivity contribution in [3.05, 3.63) is 22.7 Å². The second kappa shape index (κ2) is 2.96. The molecule has 2 heterocycles. The van der Waals surface area contributed by atoms with Crippen molar-refractivity contribution in [1.29, 1.82) is 0 Å². The summed E-state index contributed by atoms with van der Waals surface area (Å²) in [6.45, 7) is 4.57. The Morgan fingerprint density at radius 1 is 1.54 bits per heavy atom. The van der Waals surface area contributed by atoms with E-state index in [4.69, 9.17) is 0 Å². The second-order valence-corrected chi connectivity index (χ2v) is 4.02. The summed E-state index contributed by atoms with van der Waals surface area (Å²) < 4.78 is 0. The van der Waals surface area contributed by atoms with E-state index < -0.39 is 0 Å². The standard InChI is InChI=1S/C9H10N2OS/c1-6-3-8(12)11(4-6)9-10-7(2)5-13-9/h3,5H,4H2,1-2H3. The summed E-state index contributed by atoms with van der Waals surface area (Å²) in [5.74, 6) is 0.0480. The van der Waals surface area contributed by atoms with Gasteiger partial charge in [0, 0.05) is 18.0 Å². The highest BCUT2D eigenvalue weighted by Crippen LogP contribution is 2.24. The van der Waals surface area contributed by atoms with Crippen LogP contribution in [0.2, 0.25) is 0 Å². The number of carbonyl (C=O) groups excluding carboxylic acids is 1. The van der Waals surface area contributed by atoms with Crippen LogP contribution in [0.4, 0.5) is 5.13 Å². The minimum absolute atomic E-state index is 0.0480. The summed E-state index contributed by atoms with van der Waals surface area (Å²) >= 11 is 1.51. The first-order chi connectivity index (χ1) is 6.16. The van der Waals surface area contributed by atoms with E-state index in [9.17, 15) is 4.79 Å². The third-order valence-electron chi connectivity index (χ3n) is 1.88. The molecule has 1 aliphatic rings. The number of rotatable bonds is 1. The Morgan fingerprint density at radius 2 is 2.31 bits per heavy atom. The molecule has 0 fully saturated rings. The van der Waals surface area contributed by atoms with Crippen LogP contribution in [0, 0.1) is 6.92 Å². The normalized spacial score (nSPS) is 16.6. The van der Waals surface area contributed by atoms with Crippen LogP contribution in [-0.2, 0) is 4.79 Å². The van der Waals surface area contributed by atoms with Crippen molar-refractivity contribution < 1.29 is 4.79 Å². The Balaban J connectivity index is 2.25. The van der Waals surface area contributed by atoms with Crippen molar-refractivity contribution in [2.75, 3.05) is 11.4 Å². The van der Waals surface area contributed by atoms with Gasteiger partial charge in [-0.1, -0.05) is 0 Å². The number of carbonyl (C=O) groups is 1. The number of aromatic nitrogens is 1. The van der Waals surface area contributed by atoms with Gasteiger partial charge in [-0.15, -0.1) is 11.3 Å². The van der Waals surface area contributed by atoms with Gasteiger partial charge in [0.25, 0.3) is 5.91 Å². The maximum absolute atomic E-state index is 11.4. The van der Waals surface area contributed by atoms with E-state index in [-0.39, 0.29) is 5.91 Å². The number of amides is 1. The lowest BCUT2D eigenvalue weighted by Crippen LogP contribution is -2.24. The summed E-state index contributed by atoms with van der Waals surface area (Å²) in [4.78, 5) is 17.4. The van der Waals surface area contributed by atoms with E-state index in [2.05, 4.69) is 4.98 Å². The first-order valence-corrected chi connectivity index (χ1v) is 4.95. The van der Waals surface area contributed by atoms with E-state index in [1.165, 1.54) is 11.3 Å². The Morgan fingerprint density at radius 3 is 2.77 bits per heavy atom. The number of nitrogens with zero attached hydrogens (tertiary/aromatic N) is 2. The van der Waals surface area contributed by atoms with Crippen LogP contribution in [0.1, 0.15) is 12.6 Å². The maximum atomic E-state index is 11.4. The minimum Gasteiger partial charge on any atom is -0.280 e. The zero-order valence-corrected chi connectivity index (χ0v) is 8.39. The van der Waals surface area contributed by atoms with Crippen molar-refractivity contribution in [3.8, 4) is 0 Å². The average molecular weight is 194 g/mol. The zero-order chi connectivity index (χ0) is 9.42. The lowest BCUT2D eigenvalue weighted by Gasteiger charge is -2.11. The van der Waals surface area contributed by atoms with Gasteiger partial charge in [-0.2, -0.15) is 0 Å². The maximum Gasteiger partial charge on any atom is 0.253 e. The summed E-state index contributed by atoms with van der Waals surface area (Å²) in [6, 6.07) is 0. The summed E-state index contributed by atoms with van der Waals surface area (Å²) in [5.41, 5.74) is 2.07. The molecule has 1 aromatic rings. The number of hydrogen-bond acceptors (Lipinski definition) is 3. The smallest absolute Gasteiger partial charge is 0.253 e. The SMILES string of the molecule is CC1=CC(=O)N(c2nc(C)cs2)C1. The second-order valence-electron chi connectivity index (χ2n) is 3.19. The van der Waals surface area contributed by atoms with E-state index in [0.29, 0.717) is 6.54 Å². The van der Waals surface area contributed by atoms with Crippen LogP contribution in [0.3, 0.4) is 0 Å². The van der Waals surface area contributed by atoms with Crippen LogP contribution in [0.25, 0.3) is 0 Å². The highest BCUT2D eigenvalue weighted by molar-refractivity contribution is 7.14. The highest BCUT2D eigenvalue weighted by atomic mass is 32.1. The van der Waals surface area contributed by atoms with E-state index >= 15 is 0 Å². The van der Waals surface area contributed by atoms with Crippen LogP contribution in [0.5, 0.6) is 0 Å². The molecule has 2 rings (SSSR count). The van der Waals surface area contributed by atoms with Gasteiger partial charge in [-0.05, 0) is 19.4 Å². The van der Waals surface area contributed by atoms with Gasteiger partial charge in [0.05, 0.1) is 5.69 Å². The van der Waals surface area contributed by atoms with E-state index in [0.717, 1.165) is 16.4 Å². The summed E-state index contributed by atoms with van der Waals surface area (Å²) in [7, 11) is 0. The number of thiazole rings is 1. The van der Waals surface area contributed by atoms with Gasteiger partial charge in [0.2, 0.25) is 0 Å². The lowest BCUT2D eigenvalue weighted by atomic mass is 10.3. The summed E-state index contributed by atoms with van der Waals surface area (Å²) in [5, 5.41) is 2.76. The molecule has 0 atom stereocenters. The molecule has 1 aliphatic heterocycles. The van der Waals surface area contributed by atoms with Crippen LogP contribution < -0.4 is 4.90 Å². The van der Waals surface area contributed by atoms with Crippen molar-refractivity contribution >= 4 is 22.4 Å². The Labute approximate surface area is 80.7 Å². The Kier molecular flexibility index (Phi) is 1.92. The van der Waals surface area contributed by atoms with Crippen molar-refractivity contribution in [1.82, 2.24) is 4.98 Å². The van der Waals surface area contributed by atoms with Gasteiger partial charge < -0.3 is 0 Å². The van der Waals surface area contributed by atoms with Gasteiger partial charge in [0.1, 0.15) is 0 Å². The molecule has 0 spiro atoms. The van der Waals surface area contributed by atoms with E-state index in [1.54, 1.807) is 11.0 Å². The largest absolute Gasteiger partial charge is 0.280 e. The van der Waals surface area contributed by atoms with Gasteiger partial charge in [0.15, 0.2) is 5.13 Å². The monoisotopic (exact) mass is 194 g/mol. The molecular formula is C9H10N2OS. The van der Waals surface area contributed by atoms with Crippen molar-refractivity contribution in [2.24, 2.45) is 0 Å². The van der Waals surface area contributed by atoms with Gasteiger partial charge in [-0.3, -0.25) is 9.69 Å². The average Bonchev–Trinajstić information content (AvgIpc) is 2.58. The number of anilines is 1. The molecule has 1 amide bonds. The Hall–Kier alpha value is -1.16. The molecule has 4 heteroatoms. The predicted molar refractivity (Wildman–Crippen MR) is 53.0 cm³/mol. The van der Waals surface area contributed by atoms with Crippen LogP contribution >= 0.6 is 11.3 Å². The highest BCUT2D eigenvalue weighted by Gasteiger charge is 2.22. The van der Waals surface area contributed by atoms with Crippen molar-refractivity contribution in [2.45, 2.75) is 13.8 Å². The zero-order valence-electron chi connectivity index (χ0n) is 7.57. The predicted octanol–water partition coefficient (Wildman–Crippen LogP) is 1.74. The van der Waals surface area contributed by atoms with Crippen LogP contribution in [0.15, 0.2) is 17.0 Å². The molecule has 0 aliphatic carbocycles. The third-order valence-corrected chi connectivity index (χ3v) is 2.86. The molecule has 0 unspecified atom stereocenters. The van der Waals surface area contributed by atoms with Gasteiger partial charge in [-0.25, -0.2) is 4.98 Å². The lowest BCUT2D eigenvalue weighted by molar-refractivity contribution is -0.113. The first-order valence-electron chi connectivity index (χ1n) is 4.07. The fourth-order valence-electron chi connectivity index (χ4n) is 1.29. The Bertz CT molecular complexity index is 381. The topological polar surface area (TPSA) is 33.2 Å². The van der Waals surface area contributed by atoms with E-state index in [1.807, 2.05) is 19.2 Å². The first kappa shape index (κ1) is 8.44. The number of hydrogen-bond donors (Lipinski definition) is 0. The quantitative estimate of drug-likeness (QED) is 0.682. The fraction of sp³-hybridized carbons (Fsp3) is 0.333. The molecule has 0 aromatic carbocycles. The number of aryl methyl sites for hydroxylation is 1. The van der Waals surface area contributed by atoms with Crippen molar-refractivity contribution in [3.63, 3.8) is 0 Å². The minimum atomic E-state index is 0.0480. The molecule has 1 aromatic heterocycles. The molecule has 3 nitrogen and oxygen atoms in total. The van der Waals surface area contributed by atoms with Crippen LogP contribution in [-0.4, -0.2) is 17.4 Å². The molecule has 0 N–H and O–H groups in total. The third kappa shape index (κ3) is 1.49. The molecule has 13 heavy (non-hydrogen) atoms. The molecule has 0 saturated heterocycles. The molecular weight excluding hydrogens is 184 g/mol.